The monoisotopic (exact) mass is 580 g/mol. The van der Waals surface area contributed by atoms with Gasteiger partial charge in [-0.2, -0.15) is 0 Å². The summed E-state index contributed by atoms with van der Waals surface area (Å²) in [4.78, 5) is 50.3. The summed E-state index contributed by atoms with van der Waals surface area (Å²) >= 11 is 5.99. The number of nitrogens with one attached hydrogen (secondary N) is 1. The molecule has 212 valence electrons. The molecule has 2 amide bonds. The molecule has 5 heterocycles. The smallest absolute Gasteiger partial charge is 0.273 e. The number of benzene rings is 1. The number of aryl methyl sites for hydroxylation is 2. The standard InChI is InChI=1S/C31H29ClN8O2/c1-3-20-11-13-34-25(18-20)37-29(41)22-9-7-21(8-10-22)26-27-19(2)33-15-17-40(27)28(38-26)24-6-4-5-16-39(24)30(42)23-12-14-35-31(32)36-23/h7-15,17-18,24H,3-6,16H2,1-2H3,(H,34,37,41). The van der Waals surface area contributed by atoms with Crippen LogP contribution in [0.15, 0.2) is 67.3 Å². The second-order valence-electron chi connectivity index (χ2n) is 10.2. The average Bonchev–Trinajstić information content (AvgIpc) is 3.42. The molecule has 1 saturated heterocycles. The predicted octanol–water partition coefficient (Wildman–Crippen LogP) is 5.73. The molecule has 1 atom stereocenters. The van der Waals surface area contributed by atoms with E-state index in [0.717, 1.165) is 59.5 Å². The van der Waals surface area contributed by atoms with Gasteiger partial charge < -0.3 is 10.2 Å². The third-order valence-electron chi connectivity index (χ3n) is 7.57. The lowest BCUT2D eigenvalue weighted by Gasteiger charge is -2.34. The molecule has 0 bridgehead atoms. The summed E-state index contributed by atoms with van der Waals surface area (Å²) in [7, 11) is 0. The molecule has 1 aliphatic rings. The van der Waals surface area contributed by atoms with Gasteiger partial charge in [0.15, 0.2) is 0 Å². The van der Waals surface area contributed by atoms with E-state index < -0.39 is 0 Å². The number of pyridine rings is 1. The van der Waals surface area contributed by atoms with Crippen molar-refractivity contribution >= 4 is 34.7 Å². The summed E-state index contributed by atoms with van der Waals surface area (Å²) < 4.78 is 2.02. The second-order valence-corrected chi connectivity index (χ2v) is 10.5. The second kappa shape index (κ2) is 11.7. The fourth-order valence-corrected chi connectivity index (χ4v) is 5.58. The number of nitrogens with zero attached hydrogens (tertiary/aromatic N) is 7. The molecular weight excluding hydrogens is 552 g/mol. The molecule has 1 aromatic carbocycles. The number of anilines is 1. The lowest BCUT2D eigenvalue weighted by atomic mass is 10.0. The Morgan fingerprint density at radius 3 is 2.60 bits per heavy atom. The van der Waals surface area contributed by atoms with Crippen molar-refractivity contribution in [2.24, 2.45) is 0 Å². The first-order valence-corrected chi connectivity index (χ1v) is 14.3. The number of aromatic nitrogens is 6. The van der Waals surface area contributed by atoms with Crippen LogP contribution in [0.4, 0.5) is 5.82 Å². The predicted molar refractivity (Wildman–Crippen MR) is 159 cm³/mol. The summed E-state index contributed by atoms with van der Waals surface area (Å²) in [6, 6.07) is 12.4. The third-order valence-corrected chi connectivity index (χ3v) is 7.75. The number of hydrogen-bond donors (Lipinski definition) is 1. The number of halogens is 1. The van der Waals surface area contributed by atoms with Crippen LogP contribution in [0.25, 0.3) is 16.8 Å². The zero-order chi connectivity index (χ0) is 29.2. The highest BCUT2D eigenvalue weighted by Crippen LogP contribution is 2.36. The maximum Gasteiger partial charge on any atom is 0.273 e. The zero-order valence-electron chi connectivity index (χ0n) is 23.3. The maximum absolute atomic E-state index is 13.6. The molecule has 0 saturated carbocycles. The molecule has 0 radical (unpaired) electrons. The van der Waals surface area contributed by atoms with Gasteiger partial charge in [0.25, 0.3) is 11.8 Å². The van der Waals surface area contributed by atoms with Crippen molar-refractivity contribution in [3.8, 4) is 11.3 Å². The fourth-order valence-electron chi connectivity index (χ4n) is 5.43. The summed E-state index contributed by atoms with van der Waals surface area (Å²) in [6.45, 7) is 4.58. The molecule has 1 aliphatic heterocycles. The zero-order valence-corrected chi connectivity index (χ0v) is 24.0. The van der Waals surface area contributed by atoms with E-state index in [4.69, 9.17) is 16.6 Å². The third kappa shape index (κ3) is 5.33. The van der Waals surface area contributed by atoms with Crippen LogP contribution in [0.5, 0.6) is 0 Å². The van der Waals surface area contributed by atoms with Crippen LogP contribution < -0.4 is 5.32 Å². The number of amides is 2. The Bertz CT molecular complexity index is 1790. The molecule has 10 nitrogen and oxygen atoms in total. The molecule has 0 spiro atoms. The van der Waals surface area contributed by atoms with Crippen LogP contribution in [0.2, 0.25) is 5.28 Å². The number of rotatable bonds is 6. The van der Waals surface area contributed by atoms with Gasteiger partial charge in [0.1, 0.15) is 17.3 Å². The molecule has 1 fully saturated rings. The Labute approximate surface area is 247 Å². The van der Waals surface area contributed by atoms with E-state index in [1.54, 1.807) is 30.6 Å². The van der Waals surface area contributed by atoms with Gasteiger partial charge in [-0.15, -0.1) is 0 Å². The maximum atomic E-state index is 13.6. The van der Waals surface area contributed by atoms with Crippen LogP contribution >= 0.6 is 11.6 Å². The van der Waals surface area contributed by atoms with Crippen molar-refractivity contribution in [2.45, 2.75) is 45.6 Å². The van der Waals surface area contributed by atoms with Gasteiger partial charge in [0, 0.05) is 42.5 Å². The van der Waals surface area contributed by atoms with Gasteiger partial charge >= 0.3 is 0 Å². The van der Waals surface area contributed by atoms with Crippen LogP contribution in [0.3, 0.4) is 0 Å². The number of carbonyl (C=O) groups is 2. The highest BCUT2D eigenvalue weighted by Gasteiger charge is 2.33. The summed E-state index contributed by atoms with van der Waals surface area (Å²) in [5.41, 5.74) is 5.11. The van der Waals surface area contributed by atoms with Crippen molar-refractivity contribution in [2.75, 3.05) is 11.9 Å². The lowest BCUT2D eigenvalue weighted by molar-refractivity contribution is 0.0593. The van der Waals surface area contributed by atoms with Crippen LogP contribution in [0.1, 0.15) is 70.2 Å². The molecule has 4 aromatic heterocycles. The Kier molecular flexibility index (Phi) is 7.62. The molecule has 42 heavy (non-hydrogen) atoms. The summed E-state index contributed by atoms with van der Waals surface area (Å²) in [5, 5.41) is 2.91. The van der Waals surface area contributed by atoms with Crippen molar-refractivity contribution in [1.82, 2.24) is 34.2 Å². The number of piperidine rings is 1. The Morgan fingerprint density at radius 1 is 1.00 bits per heavy atom. The Balaban J connectivity index is 1.33. The topological polar surface area (TPSA) is 118 Å². The first-order chi connectivity index (χ1) is 20.4. The Morgan fingerprint density at radius 2 is 1.81 bits per heavy atom. The number of imidazole rings is 1. The Hall–Kier alpha value is -4.70. The number of likely N-dealkylation sites (tertiary alicyclic amines) is 1. The number of fused-ring (bicyclic) bond motifs is 1. The lowest BCUT2D eigenvalue weighted by Crippen LogP contribution is -2.39. The summed E-state index contributed by atoms with van der Waals surface area (Å²) in [6.07, 6.45) is 10.3. The van der Waals surface area contributed by atoms with Gasteiger partial charge in [0.2, 0.25) is 5.28 Å². The number of hydrogen-bond acceptors (Lipinski definition) is 7. The van der Waals surface area contributed by atoms with E-state index in [-0.39, 0.29) is 28.8 Å². The minimum absolute atomic E-state index is 0.0347. The SMILES string of the molecule is CCc1ccnc(NC(=O)c2ccc(-c3nc(C4CCCCN4C(=O)c4ccnc(Cl)n4)n4ccnc(C)c34)cc2)c1. The minimum Gasteiger partial charge on any atom is -0.327 e. The van der Waals surface area contributed by atoms with Crippen LogP contribution in [-0.2, 0) is 6.42 Å². The van der Waals surface area contributed by atoms with E-state index >= 15 is 0 Å². The molecule has 6 rings (SSSR count). The van der Waals surface area contributed by atoms with E-state index in [1.165, 1.54) is 6.20 Å². The fraction of sp³-hybridized carbons (Fsp3) is 0.258. The van der Waals surface area contributed by atoms with Gasteiger partial charge in [-0.05, 0) is 80.1 Å². The van der Waals surface area contributed by atoms with Crippen molar-refractivity contribution in [3.63, 3.8) is 0 Å². The van der Waals surface area contributed by atoms with Crippen LogP contribution in [0, 0.1) is 6.92 Å². The highest BCUT2D eigenvalue weighted by atomic mass is 35.5. The molecule has 1 unspecified atom stereocenters. The average molecular weight is 581 g/mol. The van der Waals surface area contributed by atoms with Crippen molar-refractivity contribution in [1.29, 1.82) is 0 Å². The minimum atomic E-state index is -0.264. The largest absolute Gasteiger partial charge is 0.327 e. The van der Waals surface area contributed by atoms with Gasteiger partial charge in [-0.3, -0.25) is 19.0 Å². The normalized spacial score (nSPS) is 15.1. The van der Waals surface area contributed by atoms with Gasteiger partial charge in [0.05, 0.1) is 22.9 Å². The summed E-state index contributed by atoms with van der Waals surface area (Å²) in [5.74, 6) is 0.826. The van der Waals surface area contributed by atoms with E-state index in [9.17, 15) is 9.59 Å². The molecular formula is C31H29ClN8O2. The van der Waals surface area contributed by atoms with E-state index in [0.29, 0.717) is 17.9 Å². The number of carbonyl (C=O) groups excluding carboxylic acids is 2. The van der Waals surface area contributed by atoms with E-state index in [1.807, 2.05) is 46.7 Å². The molecule has 5 aromatic rings. The first-order valence-electron chi connectivity index (χ1n) is 13.9. The van der Waals surface area contributed by atoms with Crippen LogP contribution in [-0.4, -0.2) is 52.6 Å². The van der Waals surface area contributed by atoms with E-state index in [2.05, 4.69) is 32.2 Å². The molecule has 0 aliphatic carbocycles. The first kappa shape index (κ1) is 27.5. The van der Waals surface area contributed by atoms with Gasteiger partial charge in [-0.25, -0.2) is 19.9 Å². The highest BCUT2D eigenvalue weighted by molar-refractivity contribution is 6.28. The molecule has 11 heteroatoms. The van der Waals surface area contributed by atoms with Gasteiger partial charge in [-0.1, -0.05) is 19.1 Å². The van der Waals surface area contributed by atoms with Crippen molar-refractivity contribution < 1.29 is 9.59 Å². The molecule has 1 N–H and O–H groups in total. The quantitative estimate of drug-likeness (QED) is 0.255. The van der Waals surface area contributed by atoms with Crippen molar-refractivity contribution in [3.05, 3.63) is 101 Å².